The molecule has 4 aromatic rings. The fourth-order valence-electron chi connectivity index (χ4n) is 3.06. The highest BCUT2D eigenvalue weighted by Gasteiger charge is 2.31. The normalized spacial score (nSPS) is 12.0. The number of hydrogen-bond donors (Lipinski definition) is 0. The monoisotopic (exact) mass is 456 g/mol. The van der Waals surface area contributed by atoms with E-state index in [0.717, 1.165) is 24.0 Å². The topological polar surface area (TPSA) is 85.7 Å². The molecule has 0 aliphatic heterocycles. The van der Waals surface area contributed by atoms with Gasteiger partial charge in [-0.2, -0.15) is 13.2 Å². The average Bonchev–Trinajstić information content (AvgIpc) is 2.78. The first kappa shape index (κ1) is 21.6. The van der Waals surface area contributed by atoms with Crippen LogP contribution in [0.2, 0.25) is 0 Å². The molecule has 4 rings (SSSR count). The second kappa shape index (κ2) is 8.12. The summed E-state index contributed by atoms with van der Waals surface area (Å²) in [5.74, 6) is 0. The molecule has 0 radical (unpaired) electrons. The van der Waals surface area contributed by atoms with Gasteiger partial charge >= 0.3 is 6.18 Å². The smallest absolute Gasteiger partial charge is 0.227 e. The number of rotatable bonds is 4. The summed E-state index contributed by atoms with van der Waals surface area (Å²) in [5.41, 5.74) is 1.17. The Labute approximate surface area is 181 Å². The zero-order valence-corrected chi connectivity index (χ0v) is 17.4. The summed E-state index contributed by atoms with van der Waals surface area (Å²) >= 11 is 0. The number of benzene rings is 2. The molecule has 0 saturated heterocycles. The standard InChI is InChI=1S/C22H15F3N4O2S/c1-32(30,31)21-26-11-10-18(27-21)17-13-19(14-6-3-2-4-7-14)28-29-20(17)15-8-5-9-16(12-15)22(23,24)25/h2-13H,1H3. The molecule has 32 heavy (non-hydrogen) atoms. The lowest BCUT2D eigenvalue weighted by Crippen LogP contribution is -2.06. The third kappa shape index (κ3) is 4.50. The summed E-state index contributed by atoms with van der Waals surface area (Å²) in [6.07, 6.45) is -2.29. The van der Waals surface area contributed by atoms with E-state index in [9.17, 15) is 21.6 Å². The van der Waals surface area contributed by atoms with Gasteiger partial charge in [-0.3, -0.25) is 0 Å². The number of sulfone groups is 1. The lowest BCUT2D eigenvalue weighted by molar-refractivity contribution is -0.137. The molecule has 162 valence electrons. The van der Waals surface area contributed by atoms with Crippen molar-refractivity contribution in [3.63, 3.8) is 0 Å². The van der Waals surface area contributed by atoms with Gasteiger partial charge in [-0.1, -0.05) is 42.5 Å². The van der Waals surface area contributed by atoms with Gasteiger partial charge in [0.2, 0.25) is 15.0 Å². The third-order valence-corrected chi connectivity index (χ3v) is 5.43. The highest BCUT2D eigenvalue weighted by molar-refractivity contribution is 7.90. The van der Waals surface area contributed by atoms with Gasteiger partial charge in [0.1, 0.15) is 5.69 Å². The number of hydrogen-bond acceptors (Lipinski definition) is 6. The molecule has 6 nitrogen and oxygen atoms in total. The van der Waals surface area contributed by atoms with Crippen LogP contribution in [0.5, 0.6) is 0 Å². The molecule has 2 aromatic heterocycles. The maximum atomic E-state index is 13.3. The van der Waals surface area contributed by atoms with Crippen LogP contribution in [-0.2, 0) is 16.0 Å². The van der Waals surface area contributed by atoms with Crippen LogP contribution in [0, 0.1) is 0 Å². The molecule has 0 unspecified atom stereocenters. The summed E-state index contributed by atoms with van der Waals surface area (Å²) in [6.45, 7) is 0. The van der Waals surface area contributed by atoms with Crippen LogP contribution in [-0.4, -0.2) is 34.8 Å². The van der Waals surface area contributed by atoms with Crippen molar-refractivity contribution in [1.29, 1.82) is 0 Å². The molecule has 0 saturated carbocycles. The summed E-state index contributed by atoms with van der Waals surface area (Å²) in [4.78, 5) is 7.90. The maximum Gasteiger partial charge on any atom is 0.416 e. The van der Waals surface area contributed by atoms with E-state index >= 15 is 0 Å². The Morgan fingerprint density at radius 1 is 0.812 bits per heavy atom. The molecular weight excluding hydrogens is 441 g/mol. The number of alkyl halides is 3. The Bertz CT molecular complexity index is 1390. The van der Waals surface area contributed by atoms with Crippen LogP contribution in [0.25, 0.3) is 33.8 Å². The summed E-state index contributed by atoms with van der Waals surface area (Å²) in [6, 6.07) is 16.8. The Morgan fingerprint density at radius 2 is 1.53 bits per heavy atom. The van der Waals surface area contributed by atoms with Crippen molar-refractivity contribution in [2.45, 2.75) is 11.3 Å². The second-order valence-electron chi connectivity index (χ2n) is 6.93. The highest BCUT2D eigenvalue weighted by Crippen LogP contribution is 2.35. The van der Waals surface area contributed by atoms with Gasteiger partial charge in [-0.25, -0.2) is 18.4 Å². The first-order chi connectivity index (χ1) is 15.1. The van der Waals surface area contributed by atoms with Gasteiger partial charge < -0.3 is 0 Å². The van der Waals surface area contributed by atoms with Crippen molar-refractivity contribution in [2.75, 3.05) is 6.26 Å². The molecule has 0 atom stereocenters. The van der Waals surface area contributed by atoms with E-state index < -0.39 is 26.7 Å². The van der Waals surface area contributed by atoms with Gasteiger partial charge in [0.05, 0.1) is 17.0 Å². The van der Waals surface area contributed by atoms with E-state index in [1.807, 2.05) is 18.2 Å². The van der Waals surface area contributed by atoms with Gasteiger partial charge in [0, 0.05) is 29.1 Å². The van der Waals surface area contributed by atoms with Crippen molar-refractivity contribution in [3.8, 4) is 33.8 Å². The second-order valence-corrected chi connectivity index (χ2v) is 8.84. The average molecular weight is 456 g/mol. The Balaban J connectivity index is 1.96. The highest BCUT2D eigenvalue weighted by atomic mass is 32.2. The lowest BCUT2D eigenvalue weighted by Gasteiger charge is -2.12. The zero-order valence-electron chi connectivity index (χ0n) is 16.6. The number of aromatic nitrogens is 4. The van der Waals surface area contributed by atoms with E-state index in [0.29, 0.717) is 11.3 Å². The van der Waals surface area contributed by atoms with Gasteiger partial charge in [0.25, 0.3) is 0 Å². The van der Waals surface area contributed by atoms with Crippen LogP contribution in [0.4, 0.5) is 13.2 Å². The van der Waals surface area contributed by atoms with Crippen LogP contribution in [0.15, 0.2) is 78.1 Å². The van der Waals surface area contributed by atoms with Crippen molar-refractivity contribution in [2.24, 2.45) is 0 Å². The molecular formula is C22H15F3N4O2S. The van der Waals surface area contributed by atoms with E-state index in [2.05, 4.69) is 20.2 Å². The molecule has 0 spiro atoms. The Hall–Kier alpha value is -3.66. The fraction of sp³-hybridized carbons (Fsp3) is 0.0909. The van der Waals surface area contributed by atoms with Gasteiger partial charge in [-0.15, -0.1) is 10.2 Å². The fourth-order valence-corrected chi connectivity index (χ4v) is 3.58. The van der Waals surface area contributed by atoms with Crippen molar-refractivity contribution in [3.05, 3.63) is 78.5 Å². The minimum absolute atomic E-state index is 0.133. The lowest BCUT2D eigenvalue weighted by atomic mass is 10.00. The maximum absolute atomic E-state index is 13.3. The number of nitrogens with zero attached hydrogens (tertiary/aromatic N) is 4. The predicted molar refractivity (Wildman–Crippen MR) is 112 cm³/mol. The largest absolute Gasteiger partial charge is 0.416 e. The SMILES string of the molecule is CS(=O)(=O)c1nccc(-c2cc(-c3ccccc3)nnc2-c2cccc(C(F)(F)F)c2)n1. The summed E-state index contributed by atoms with van der Waals surface area (Å²) < 4.78 is 63.6. The molecule has 0 N–H and O–H groups in total. The third-order valence-electron chi connectivity index (χ3n) is 4.57. The molecule has 0 bridgehead atoms. The van der Waals surface area contributed by atoms with E-state index in [4.69, 9.17) is 0 Å². The van der Waals surface area contributed by atoms with E-state index in [1.165, 1.54) is 24.4 Å². The first-order valence-electron chi connectivity index (χ1n) is 9.27. The summed E-state index contributed by atoms with van der Waals surface area (Å²) in [7, 11) is -3.71. The van der Waals surface area contributed by atoms with Crippen LogP contribution < -0.4 is 0 Å². The minimum Gasteiger partial charge on any atom is -0.227 e. The van der Waals surface area contributed by atoms with Crippen molar-refractivity contribution in [1.82, 2.24) is 20.2 Å². The predicted octanol–water partition coefficient (Wildman–Crippen LogP) is 4.69. The van der Waals surface area contributed by atoms with Gasteiger partial charge in [0.15, 0.2) is 0 Å². The van der Waals surface area contributed by atoms with Crippen molar-refractivity contribution < 1.29 is 21.6 Å². The van der Waals surface area contributed by atoms with Crippen LogP contribution >= 0.6 is 0 Å². The van der Waals surface area contributed by atoms with Crippen molar-refractivity contribution >= 4 is 9.84 Å². The molecule has 0 aliphatic rings. The van der Waals surface area contributed by atoms with Gasteiger partial charge in [-0.05, 0) is 24.3 Å². The molecule has 10 heteroatoms. The Morgan fingerprint density at radius 3 is 2.22 bits per heavy atom. The summed E-state index contributed by atoms with van der Waals surface area (Å²) in [5, 5.41) is 7.97. The molecule has 0 amide bonds. The molecule has 2 aromatic carbocycles. The van der Waals surface area contributed by atoms with E-state index in [1.54, 1.807) is 18.2 Å². The number of halogens is 3. The van der Waals surface area contributed by atoms with Crippen LogP contribution in [0.1, 0.15) is 5.56 Å². The Kier molecular flexibility index (Phi) is 5.47. The quantitative estimate of drug-likeness (QED) is 0.414. The molecule has 2 heterocycles. The molecule has 0 aliphatic carbocycles. The van der Waals surface area contributed by atoms with E-state index in [-0.39, 0.29) is 17.0 Å². The first-order valence-corrected chi connectivity index (χ1v) is 11.2. The molecule has 0 fully saturated rings. The van der Waals surface area contributed by atoms with Crippen LogP contribution in [0.3, 0.4) is 0 Å². The minimum atomic E-state index is -4.54. The zero-order chi connectivity index (χ0) is 22.9.